The quantitative estimate of drug-likeness (QED) is 0.265. The minimum absolute atomic E-state index is 0.0936. The molecule has 10 nitrogen and oxygen atoms in total. The third-order valence-corrected chi connectivity index (χ3v) is 11.0. The van der Waals surface area contributed by atoms with Crippen LogP contribution < -0.4 is 16.4 Å². The van der Waals surface area contributed by atoms with Crippen LogP contribution in [0.5, 0.6) is 0 Å². The minimum Gasteiger partial charge on any atom is -0.363 e. The number of nitrogens with zero attached hydrogens (tertiary/aromatic N) is 2. The van der Waals surface area contributed by atoms with Gasteiger partial charge < -0.3 is 21.3 Å². The summed E-state index contributed by atoms with van der Waals surface area (Å²) in [5, 5.41) is 10.1. The van der Waals surface area contributed by atoms with Gasteiger partial charge in [-0.15, -0.1) is 0 Å². The lowest BCUT2D eigenvalue weighted by Gasteiger charge is -2.38. The first-order valence-electron chi connectivity index (χ1n) is 16.0. The van der Waals surface area contributed by atoms with Crippen LogP contribution in [0.1, 0.15) is 91.5 Å². The number of thiophene rings is 1. The largest absolute Gasteiger partial charge is 0.363 e. The van der Waals surface area contributed by atoms with Crippen molar-refractivity contribution in [2.75, 3.05) is 6.54 Å². The van der Waals surface area contributed by atoms with Crippen LogP contribution in [-0.2, 0) is 25.6 Å². The fourth-order valence-electron chi connectivity index (χ4n) is 7.53. The average molecular weight is 626 g/mol. The Kier molecular flexibility index (Phi) is 8.83. The van der Waals surface area contributed by atoms with Gasteiger partial charge >= 0.3 is 6.03 Å². The normalized spacial score (nSPS) is 26.3. The second-order valence-electron chi connectivity index (χ2n) is 15.1. The number of carbonyl (C=O) groups is 5. The van der Waals surface area contributed by atoms with Crippen molar-refractivity contribution in [2.45, 2.75) is 110 Å². The molecule has 4 N–H and O–H groups in total. The molecule has 4 fully saturated rings. The van der Waals surface area contributed by atoms with E-state index in [-0.39, 0.29) is 28.9 Å². The highest BCUT2D eigenvalue weighted by molar-refractivity contribution is 7.07. The predicted octanol–water partition coefficient (Wildman–Crippen LogP) is 4.01. The number of likely N-dealkylation sites (tertiary alicyclic amines) is 1. The monoisotopic (exact) mass is 625 g/mol. The Labute approximate surface area is 264 Å². The molecule has 4 aliphatic rings. The summed E-state index contributed by atoms with van der Waals surface area (Å²) < 4.78 is 0. The molecule has 3 aliphatic carbocycles. The maximum absolute atomic E-state index is 14.3. The van der Waals surface area contributed by atoms with Gasteiger partial charge in [0.15, 0.2) is 0 Å². The molecule has 44 heavy (non-hydrogen) atoms. The van der Waals surface area contributed by atoms with Crippen LogP contribution in [-0.4, -0.2) is 64.3 Å². The van der Waals surface area contributed by atoms with Crippen molar-refractivity contribution in [1.29, 1.82) is 0 Å². The first kappa shape index (κ1) is 32.3. The summed E-state index contributed by atoms with van der Waals surface area (Å²) in [7, 11) is 0. The summed E-state index contributed by atoms with van der Waals surface area (Å²) in [4.78, 5) is 72.0. The van der Waals surface area contributed by atoms with Crippen LogP contribution in [0.15, 0.2) is 21.8 Å². The van der Waals surface area contributed by atoms with Gasteiger partial charge in [0, 0.05) is 17.5 Å². The highest BCUT2D eigenvalue weighted by atomic mass is 32.1. The van der Waals surface area contributed by atoms with Crippen molar-refractivity contribution < 1.29 is 24.0 Å². The Morgan fingerprint density at radius 1 is 1.11 bits per heavy atom. The molecule has 0 radical (unpaired) electrons. The summed E-state index contributed by atoms with van der Waals surface area (Å²) in [5.74, 6) is -2.56. The van der Waals surface area contributed by atoms with Crippen molar-refractivity contribution in [3.8, 4) is 0 Å². The van der Waals surface area contributed by atoms with Gasteiger partial charge in [-0.2, -0.15) is 16.3 Å². The van der Waals surface area contributed by atoms with Gasteiger partial charge in [-0.1, -0.05) is 66.7 Å². The summed E-state index contributed by atoms with van der Waals surface area (Å²) >= 11 is 1.63. The SMILES string of the molecule is CC(C)(C)/C(=N\C(=O)NC1(Cc2ccsc2)CCCCC1)C(=O)N1C[C@H]2[C@@H]([C@H]1C(=O)NC(CC1CC1)C(=O)C(N)=O)C2(C)C. The van der Waals surface area contributed by atoms with E-state index in [0.29, 0.717) is 13.0 Å². The van der Waals surface area contributed by atoms with E-state index in [1.807, 2.05) is 26.2 Å². The number of hydrogen-bond acceptors (Lipinski definition) is 6. The van der Waals surface area contributed by atoms with Gasteiger partial charge in [-0.05, 0) is 71.2 Å². The van der Waals surface area contributed by atoms with E-state index < -0.39 is 52.6 Å². The maximum Gasteiger partial charge on any atom is 0.341 e. The third kappa shape index (κ3) is 6.77. The van der Waals surface area contributed by atoms with E-state index >= 15 is 0 Å². The van der Waals surface area contributed by atoms with Crippen LogP contribution in [0.2, 0.25) is 0 Å². The Bertz CT molecular complexity index is 1340. The topological polar surface area (TPSA) is 151 Å². The molecule has 5 amide bonds. The van der Waals surface area contributed by atoms with E-state index in [1.165, 1.54) is 10.5 Å². The Balaban J connectivity index is 1.38. The number of primary amides is 1. The Morgan fingerprint density at radius 2 is 1.80 bits per heavy atom. The number of rotatable bonds is 10. The number of hydrogen-bond donors (Lipinski definition) is 3. The van der Waals surface area contributed by atoms with Crippen LogP contribution >= 0.6 is 11.3 Å². The molecular formula is C33H47N5O5S. The number of carbonyl (C=O) groups excluding carboxylic acids is 5. The fourth-order valence-corrected chi connectivity index (χ4v) is 8.20. The second kappa shape index (κ2) is 12.0. The average Bonchev–Trinajstić information content (AvgIpc) is 3.66. The van der Waals surface area contributed by atoms with Crippen molar-refractivity contribution in [3.05, 3.63) is 22.4 Å². The summed E-state index contributed by atoms with van der Waals surface area (Å²) in [5.41, 5.74) is 5.22. The highest BCUT2D eigenvalue weighted by Gasteiger charge is 2.69. The molecular weight excluding hydrogens is 578 g/mol. The van der Waals surface area contributed by atoms with Crippen LogP contribution in [0.4, 0.5) is 4.79 Å². The standard InChI is InChI=1S/C33H47N5O5S/c1-31(2,3)26(36-30(43)37-33(12-7-6-8-13-33)16-20-11-14-44-18-20)29(42)38-17-21-23(32(21,4)5)24(38)28(41)35-22(15-19-9-10-19)25(39)27(34)40/h11,14,18-19,21-24H,6-10,12-13,15-17H2,1-5H3,(H2,34,40)(H,35,41)(H,37,43)/b36-26-/t21-,22?,23-,24-/m0/s1. The molecule has 1 aromatic rings. The molecule has 2 heterocycles. The molecule has 11 heteroatoms. The number of aliphatic imine (C=N–C) groups is 1. The third-order valence-electron chi connectivity index (χ3n) is 10.3. The molecule has 1 unspecified atom stereocenters. The zero-order valence-electron chi connectivity index (χ0n) is 26.6. The number of nitrogens with one attached hydrogen (secondary N) is 2. The number of piperidine rings is 1. The minimum atomic E-state index is -1.08. The molecule has 0 aromatic carbocycles. The maximum atomic E-state index is 14.3. The molecule has 240 valence electrons. The molecule has 1 aliphatic heterocycles. The zero-order chi connectivity index (χ0) is 32.0. The predicted molar refractivity (Wildman–Crippen MR) is 169 cm³/mol. The summed E-state index contributed by atoms with van der Waals surface area (Å²) in [6, 6.07) is -0.314. The van der Waals surface area contributed by atoms with E-state index in [2.05, 4.69) is 40.9 Å². The van der Waals surface area contributed by atoms with Crippen molar-refractivity contribution >= 4 is 46.6 Å². The van der Waals surface area contributed by atoms with Crippen molar-refractivity contribution in [1.82, 2.24) is 15.5 Å². The number of ketones is 1. The molecule has 0 spiro atoms. The van der Waals surface area contributed by atoms with Crippen LogP contribution in [0.3, 0.4) is 0 Å². The van der Waals surface area contributed by atoms with E-state index in [0.717, 1.165) is 51.4 Å². The van der Waals surface area contributed by atoms with E-state index in [4.69, 9.17) is 5.73 Å². The van der Waals surface area contributed by atoms with Gasteiger partial charge in [0.05, 0.1) is 6.04 Å². The van der Waals surface area contributed by atoms with E-state index in [1.54, 1.807) is 11.3 Å². The molecule has 5 rings (SSSR count). The van der Waals surface area contributed by atoms with Crippen LogP contribution in [0, 0.1) is 28.6 Å². The number of fused-ring (bicyclic) bond motifs is 1. The number of nitrogens with two attached hydrogens (primary N) is 1. The summed E-state index contributed by atoms with van der Waals surface area (Å²) in [6.07, 6.45) is 7.80. The molecule has 3 saturated carbocycles. The highest BCUT2D eigenvalue weighted by Crippen LogP contribution is 2.65. The molecule has 4 atom stereocenters. The van der Waals surface area contributed by atoms with Gasteiger partial charge in [-0.3, -0.25) is 19.2 Å². The first-order chi connectivity index (χ1) is 20.6. The Hall–Kier alpha value is -3.08. The first-order valence-corrected chi connectivity index (χ1v) is 16.9. The number of urea groups is 1. The Morgan fingerprint density at radius 3 is 2.36 bits per heavy atom. The number of Topliss-reactive ketones (excluding diaryl/α,β-unsaturated/α-hetero) is 1. The molecule has 0 bridgehead atoms. The molecule has 1 saturated heterocycles. The van der Waals surface area contributed by atoms with Crippen molar-refractivity contribution in [3.63, 3.8) is 0 Å². The molecule has 1 aromatic heterocycles. The van der Waals surface area contributed by atoms with Crippen LogP contribution in [0.25, 0.3) is 0 Å². The lowest BCUT2D eigenvalue weighted by molar-refractivity contribution is -0.140. The number of amides is 5. The van der Waals surface area contributed by atoms with Gasteiger partial charge in [0.25, 0.3) is 11.8 Å². The zero-order valence-corrected chi connectivity index (χ0v) is 27.4. The van der Waals surface area contributed by atoms with Gasteiger partial charge in [-0.25, -0.2) is 4.79 Å². The fraction of sp³-hybridized carbons (Fsp3) is 0.697. The van der Waals surface area contributed by atoms with E-state index in [9.17, 15) is 24.0 Å². The smallest absolute Gasteiger partial charge is 0.341 e. The van der Waals surface area contributed by atoms with Gasteiger partial charge in [0.1, 0.15) is 11.8 Å². The van der Waals surface area contributed by atoms with Gasteiger partial charge in [0.2, 0.25) is 11.7 Å². The second-order valence-corrected chi connectivity index (χ2v) is 15.9. The lowest BCUT2D eigenvalue weighted by Crippen LogP contribution is -2.57. The summed E-state index contributed by atoms with van der Waals surface area (Å²) in [6.45, 7) is 10.0. The van der Waals surface area contributed by atoms with Crippen molar-refractivity contribution in [2.24, 2.45) is 39.3 Å². The lowest BCUT2D eigenvalue weighted by atomic mass is 9.78.